The second kappa shape index (κ2) is 16.8. The first kappa shape index (κ1) is 35.2. The molecule has 0 saturated carbocycles. The maximum absolute atomic E-state index is 13.6. The number of phenolic OH excluding ortho intramolecular Hbond substituents is 1. The van der Waals surface area contributed by atoms with Crippen LogP contribution in [-0.4, -0.2) is 48.3 Å². The molecule has 1 heterocycles. The van der Waals surface area contributed by atoms with Crippen LogP contribution in [0.4, 0.5) is 10.7 Å². The molecule has 0 saturated heterocycles. The van der Waals surface area contributed by atoms with Crippen LogP contribution in [0.2, 0.25) is 0 Å². The standard InChI is InChI=1S/C37H37N3O7S2/c1-3-47-37(45)33-28-15-8-5-9-16-31(28)49-36(33)40-32(42)22-48-27-14-10-13-25(20-27)38-35(44)29(39-34(43)23-11-6-4-7-12-23)19-24-17-18-26(41)21-30(24)46-2/h4,6-7,10-14,17-21,41H,3,5,8-9,15-16,22H2,1-2H3,(H,38,44)(H,39,43)(H,40,42)/b29-19+. The van der Waals surface area contributed by atoms with E-state index in [0.717, 1.165) is 47.4 Å². The maximum Gasteiger partial charge on any atom is 0.341 e. The number of phenols is 1. The van der Waals surface area contributed by atoms with Crippen molar-refractivity contribution in [1.82, 2.24) is 5.32 Å². The summed E-state index contributed by atoms with van der Waals surface area (Å²) in [7, 11) is 1.44. The molecule has 3 amide bonds. The topological polar surface area (TPSA) is 143 Å². The lowest BCUT2D eigenvalue weighted by atomic mass is 10.1. The number of carbonyl (C=O) groups excluding carboxylic acids is 4. The lowest BCUT2D eigenvalue weighted by Crippen LogP contribution is -2.30. The normalized spacial score (nSPS) is 12.7. The summed E-state index contributed by atoms with van der Waals surface area (Å²) in [5.74, 6) is -1.39. The molecule has 1 aromatic heterocycles. The van der Waals surface area contributed by atoms with Crippen molar-refractivity contribution < 1.29 is 33.8 Å². The Morgan fingerprint density at radius 3 is 2.51 bits per heavy atom. The number of methoxy groups -OCH3 is 1. The molecule has 5 rings (SSSR count). The van der Waals surface area contributed by atoms with Gasteiger partial charge in [0, 0.05) is 32.7 Å². The molecule has 12 heteroatoms. The Labute approximate surface area is 292 Å². The molecule has 0 spiro atoms. The summed E-state index contributed by atoms with van der Waals surface area (Å²) in [4.78, 5) is 54.4. The quantitative estimate of drug-likeness (QED) is 0.0534. The Morgan fingerprint density at radius 1 is 0.939 bits per heavy atom. The van der Waals surface area contributed by atoms with Crippen LogP contribution in [0.1, 0.15) is 62.9 Å². The van der Waals surface area contributed by atoms with E-state index < -0.39 is 17.8 Å². The van der Waals surface area contributed by atoms with Crippen molar-refractivity contribution in [3.8, 4) is 11.5 Å². The summed E-state index contributed by atoms with van der Waals surface area (Å²) in [5, 5.41) is 18.9. The van der Waals surface area contributed by atoms with Gasteiger partial charge < -0.3 is 30.5 Å². The van der Waals surface area contributed by atoms with Crippen LogP contribution in [0.3, 0.4) is 0 Å². The average Bonchev–Trinajstić information content (AvgIpc) is 3.27. The van der Waals surface area contributed by atoms with Crippen LogP contribution in [-0.2, 0) is 27.2 Å². The third-order valence-corrected chi connectivity index (χ3v) is 9.86. The number of ether oxygens (including phenoxy) is 2. The Bertz CT molecular complexity index is 1870. The van der Waals surface area contributed by atoms with E-state index in [1.807, 2.05) is 6.07 Å². The monoisotopic (exact) mass is 699 g/mol. The molecule has 49 heavy (non-hydrogen) atoms. The van der Waals surface area contributed by atoms with E-state index in [-0.39, 0.29) is 29.7 Å². The van der Waals surface area contributed by atoms with Crippen LogP contribution in [0.25, 0.3) is 6.08 Å². The minimum Gasteiger partial charge on any atom is -0.508 e. The van der Waals surface area contributed by atoms with Gasteiger partial charge in [0.05, 0.1) is 25.0 Å². The number of aryl methyl sites for hydroxylation is 1. The minimum absolute atomic E-state index is 0.0133. The van der Waals surface area contributed by atoms with E-state index in [1.165, 1.54) is 48.4 Å². The fraction of sp³-hybridized carbons (Fsp3) is 0.243. The first-order valence-electron chi connectivity index (χ1n) is 15.9. The molecule has 0 unspecified atom stereocenters. The molecule has 0 fully saturated rings. The van der Waals surface area contributed by atoms with Gasteiger partial charge in [0.2, 0.25) is 5.91 Å². The summed E-state index contributed by atoms with van der Waals surface area (Å²) in [6, 6.07) is 19.9. The number of thiophene rings is 1. The summed E-state index contributed by atoms with van der Waals surface area (Å²) in [6.07, 6.45) is 6.28. The zero-order valence-corrected chi connectivity index (χ0v) is 28.8. The molecule has 4 N–H and O–H groups in total. The van der Waals surface area contributed by atoms with Crippen LogP contribution in [0.15, 0.2) is 83.4 Å². The SMILES string of the molecule is CCOC(=O)c1c(NC(=O)CSc2cccc(NC(=O)/C(=C\c3ccc(O)cc3OC)NC(=O)c3ccccc3)c2)sc2c1CCCCC2. The van der Waals surface area contributed by atoms with Crippen LogP contribution >= 0.6 is 23.1 Å². The molecule has 4 aromatic rings. The first-order chi connectivity index (χ1) is 23.7. The van der Waals surface area contributed by atoms with Gasteiger partial charge in [-0.25, -0.2) is 4.79 Å². The number of benzene rings is 3. The van der Waals surface area contributed by atoms with E-state index in [0.29, 0.717) is 33.1 Å². The summed E-state index contributed by atoms with van der Waals surface area (Å²) >= 11 is 2.73. The highest BCUT2D eigenvalue weighted by Crippen LogP contribution is 2.38. The number of fused-ring (bicyclic) bond motifs is 1. The molecule has 1 aliphatic rings. The van der Waals surface area contributed by atoms with Crippen molar-refractivity contribution in [1.29, 1.82) is 0 Å². The molecule has 1 aliphatic carbocycles. The van der Waals surface area contributed by atoms with E-state index in [4.69, 9.17) is 9.47 Å². The third-order valence-electron chi connectivity index (χ3n) is 7.66. The molecule has 0 atom stereocenters. The molecular formula is C37H37N3O7S2. The van der Waals surface area contributed by atoms with Gasteiger partial charge >= 0.3 is 5.97 Å². The van der Waals surface area contributed by atoms with Crippen molar-refractivity contribution in [2.24, 2.45) is 0 Å². The number of nitrogens with one attached hydrogen (secondary N) is 3. The lowest BCUT2D eigenvalue weighted by Gasteiger charge is -2.13. The molecular weight excluding hydrogens is 663 g/mol. The predicted octanol–water partition coefficient (Wildman–Crippen LogP) is 7.05. The maximum atomic E-state index is 13.6. The number of thioether (sulfide) groups is 1. The zero-order valence-electron chi connectivity index (χ0n) is 27.2. The number of rotatable bonds is 12. The summed E-state index contributed by atoms with van der Waals surface area (Å²) in [6.45, 7) is 2.01. The van der Waals surface area contributed by atoms with Crippen LogP contribution in [0.5, 0.6) is 11.5 Å². The molecule has 0 radical (unpaired) electrons. The van der Waals surface area contributed by atoms with Crippen LogP contribution < -0.4 is 20.7 Å². The minimum atomic E-state index is -0.594. The summed E-state index contributed by atoms with van der Waals surface area (Å²) < 4.78 is 10.7. The predicted molar refractivity (Wildman–Crippen MR) is 193 cm³/mol. The number of hydrogen-bond donors (Lipinski definition) is 4. The number of hydrogen-bond acceptors (Lipinski definition) is 9. The number of anilines is 2. The van der Waals surface area contributed by atoms with Crippen molar-refractivity contribution in [2.75, 3.05) is 30.1 Å². The second-order valence-corrected chi connectivity index (χ2v) is 13.3. The fourth-order valence-corrected chi connectivity index (χ4v) is 7.39. The fourth-order valence-electron chi connectivity index (χ4n) is 5.34. The smallest absolute Gasteiger partial charge is 0.341 e. The highest BCUT2D eigenvalue weighted by atomic mass is 32.2. The van der Waals surface area contributed by atoms with Gasteiger partial charge in [-0.05, 0) is 86.7 Å². The Kier molecular flexibility index (Phi) is 12.1. The Morgan fingerprint density at radius 2 is 1.73 bits per heavy atom. The molecule has 0 bridgehead atoms. The second-order valence-electron chi connectivity index (χ2n) is 11.1. The first-order valence-corrected chi connectivity index (χ1v) is 17.7. The van der Waals surface area contributed by atoms with Gasteiger partial charge in [-0.1, -0.05) is 30.7 Å². The van der Waals surface area contributed by atoms with Gasteiger partial charge in [-0.15, -0.1) is 23.1 Å². The van der Waals surface area contributed by atoms with Gasteiger partial charge in [0.15, 0.2) is 0 Å². The van der Waals surface area contributed by atoms with E-state index in [1.54, 1.807) is 61.5 Å². The average molecular weight is 700 g/mol. The van der Waals surface area contributed by atoms with Crippen molar-refractivity contribution in [2.45, 2.75) is 43.9 Å². The van der Waals surface area contributed by atoms with E-state index in [9.17, 15) is 24.3 Å². The Hall–Kier alpha value is -5.07. The Balaban J connectivity index is 1.29. The van der Waals surface area contributed by atoms with Gasteiger partial charge in [-0.3, -0.25) is 14.4 Å². The highest BCUT2D eigenvalue weighted by Gasteiger charge is 2.26. The summed E-state index contributed by atoms with van der Waals surface area (Å²) in [5.41, 5.74) is 2.68. The van der Waals surface area contributed by atoms with Gasteiger partial charge in [0.25, 0.3) is 11.8 Å². The van der Waals surface area contributed by atoms with Crippen LogP contribution in [0, 0.1) is 0 Å². The van der Waals surface area contributed by atoms with Crippen molar-refractivity contribution in [3.63, 3.8) is 0 Å². The van der Waals surface area contributed by atoms with Crippen molar-refractivity contribution >= 4 is 63.6 Å². The molecule has 0 aliphatic heterocycles. The largest absolute Gasteiger partial charge is 0.508 e. The van der Waals surface area contributed by atoms with Crippen molar-refractivity contribution in [3.05, 3.63) is 106 Å². The molecule has 3 aromatic carbocycles. The highest BCUT2D eigenvalue weighted by molar-refractivity contribution is 8.00. The van der Waals surface area contributed by atoms with Gasteiger partial charge in [-0.2, -0.15) is 0 Å². The number of aromatic hydroxyl groups is 1. The number of esters is 1. The molecule has 254 valence electrons. The number of amides is 3. The zero-order chi connectivity index (χ0) is 34.8. The van der Waals surface area contributed by atoms with Gasteiger partial charge in [0.1, 0.15) is 22.2 Å². The number of carbonyl (C=O) groups is 4. The third kappa shape index (κ3) is 9.30. The van der Waals surface area contributed by atoms with E-state index in [2.05, 4.69) is 16.0 Å². The van der Waals surface area contributed by atoms with E-state index >= 15 is 0 Å². The lowest BCUT2D eigenvalue weighted by molar-refractivity contribution is -0.114. The molecule has 10 nitrogen and oxygen atoms in total.